The van der Waals surface area contributed by atoms with Crippen LogP contribution in [0.4, 0.5) is 13.2 Å². The van der Waals surface area contributed by atoms with E-state index in [1.165, 1.54) is 22.3 Å². The molecule has 0 atom stereocenters. The van der Waals surface area contributed by atoms with Crippen molar-refractivity contribution in [2.75, 3.05) is 0 Å². The molecule has 536 valence electrons. The summed E-state index contributed by atoms with van der Waals surface area (Å²) in [4.78, 5) is 28.8. The van der Waals surface area contributed by atoms with Crippen molar-refractivity contribution in [1.82, 2.24) is 43.6 Å². The Kier molecular flexibility index (Phi) is 14.3. The van der Waals surface area contributed by atoms with Gasteiger partial charge in [-0.3, -0.25) is 0 Å². The summed E-state index contributed by atoms with van der Waals surface area (Å²) in [6.45, 7) is -1.12. The van der Waals surface area contributed by atoms with Gasteiger partial charge in [-0.25, -0.2) is 43.1 Å². The van der Waals surface area contributed by atoms with Gasteiger partial charge in [-0.05, 0) is 181 Å². The highest BCUT2D eigenvalue weighted by Crippen LogP contribution is 2.47. The number of fused-ring (bicyclic) bond motifs is 12. The fourth-order valence-electron chi connectivity index (χ4n) is 15.3. The van der Waals surface area contributed by atoms with Gasteiger partial charge in [0.05, 0.1) is 50.2 Å². The van der Waals surface area contributed by atoms with Crippen molar-refractivity contribution in [2.45, 2.75) is 61.5 Å². The van der Waals surface area contributed by atoms with E-state index in [1.807, 2.05) is 146 Å². The van der Waals surface area contributed by atoms with Gasteiger partial charge in [-0.1, -0.05) is 239 Å². The summed E-state index contributed by atoms with van der Waals surface area (Å²) in [5.74, 6) is -2.07. The van der Waals surface area contributed by atoms with Crippen LogP contribution in [-0.2, 0) is 6.42 Å². The minimum Gasteiger partial charge on any atom is -0.307 e. The van der Waals surface area contributed by atoms with Crippen LogP contribution < -0.4 is 0 Å². The van der Waals surface area contributed by atoms with Crippen LogP contribution in [0.25, 0.3) is 162 Å². The summed E-state index contributed by atoms with van der Waals surface area (Å²) in [7, 11) is 0. The summed E-state index contributed by atoms with van der Waals surface area (Å²) in [5, 5.41) is 4.75. The Morgan fingerprint density at radius 2 is 0.514 bits per heavy atom. The summed E-state index contributed by atoms with van der Waals surface area (Å²) < 4.78 is 147. The Morgan fingerprint density at radius 1 is 0.261 bits per heavy atom. The maximum atomic E-state index is 13.7. The van der Waals surface area contributed by atoms with E-state index in [1.54, 1.807) is 54.6 Å². The van der Waals surface area contributed by atoms with Crippen molar-refractivity contribution in [3.63, 3.8) is 0 Å². The zero-order valence-electron chi connectivity index (χ0n) is 72.6. The van der Waals surface area contributed by atoms with Gasteiger partial charge in [0.2, 0.25) is 0 Å². The first-order valence-electron chi connectivity index (χ1n) is 42.3. The summed E-state index contributed by atoms with van der Waals surface area (Å²) in [6.07, 6.45) is 0.909. The Hall–Kier alpha value is -13.7. The summed E-state index contributed by atoms with van der Waals surface area (Å²) in [6, 6.07) is 90.3. The molecule has 0 amide bonds. The molecule has 1 aliphatic rings. The minimum atomic E-state index is -2.48. The second kappa shape index (κ2) is 28.1. The van der Waals surface area contributed by atoms with E-state index in [0.717, 1.165) is 107 Å². The van der Waals surface area contributed by atoms with E-state index in [0.29, 0.717) is 79.1 Å². The second-order valence-electron chi connectivity index (χ2n) is 28.2. The van der Waals surface area contributed by atoms with E-state index in [9.17, 15) is 13.2 Å². The molecule has 0 aliphatic heterocycles. The molecule has 0 unspecified atom stereocenters. The van der Waals surface area contributed by atoms with Gasteiger partial charge in [-0.15, -0.1) is 0 Å². The number of benzene rings is 14. The predicted octanol–water partition coefficient (Wildman–Crippen LogP) is 25.2. The fraction of sp³-hybridized carbons (Fsp3) is 0.0909. The van der Waals surface area contributed by atoms with E-state index in [-0.39, 0.29) is 28.1 Å². The molecule has 20 rings (SSSR count). The van der Waals surface area contributed by atoms with Crippen molar-refractivity contribution >= 4 is 65.4 Å². The largest absolute Gasteiger partial charge is 0.307 e. The molecular weight excluding hydrogens is 1370 g/mol. The van der Waals surface area contributed by atoms with E-state index in [2.05, 4.69) is 134 Å². The third-order valence-electron chi connectivity index (χ3n) is 20.5. The van der Waals surface area contributed by atoms with Gasteiger partial charge in [0.25, 0.3) is 0 Å². The number of hydrogen-bond donors (Lipinski definition) is 0. The first kappa shape index (κ1) is 56.6. The lowest BCUT2D eigenvalue weighted by Crippen LogP contribution is -2.10. The molecule has 0 bridgehead atoms. The predicted molar refractivity (Wildman–Crippen MR) is 448 cm³/mol. The molecular formula is C99H74F3N9. The average molecular weight is 1460 g/mol. The van der Waals surface area contributed by atoms with Gasteiger partial charge in [0.15, 0.2) is 52.4 Å². The lowest BCUT2D eigenvalue weighted by atomic mass is 10.0. The molecule has 9 nitrogen and oxygen atoms in total. The zero-order valence-corrected chi connectivity index (χ0v) is 60.6. The van der Waals surface area contributed by atoms with Crippen LogP contribution in [0.1, 0.15) is 72.1 Å². The maximum Gasteiger partial charge on any atom is 0.194 e. The standard InChI is InChI=1S/C63H48N6.C21H12F3N3.C15H14/c1-37-17-23-52-46(29-37)47-30-38(2)18-24-53(47)67(52)58-35-45(63-65-61(43-13-9-7-10-14-43)64-62(66-63)44-15-11-8-12-16-44)36-59(68-54-25-19-39(3)31-48(54)49-32-40(4)20-26-55(49)68)60(58)69-56-27-21-41(5)33-50(56)51-34-42(6)22-28-57(51)69;22-16-11-15(12-17(23)18(16)24)21-26-19(13-7-3-1-4-8-13)25-20(27-21)14-9-5-2-6-10-14;1-10-3-5-12-9-13-6-4-11(2)8-15(13)14(12)7-10/h7-36H,1-6H3;1-12H;3-8H,9H2,1-2H3/i1D3,2D3,5D3;;1D3. The van der Waals surface area contributed by atoms with E-state index < -0.39 is 44.9 Å². The number of aromatic nitrogens is 9. The normalized spacial score (nSPS) is 13.8. The maximum absolute atomic E-state index is 13.7. The molecule has 5 heterocycles. The van der Waals surface area contributed by atoms with Crippen molar-refractivity contribution in [3.05, 3.63) is 364 Å². The number of rotatable bonds is 9. The molecule has 19 aromatic rings. The Bertz CT molecular complexity index is 7160. The molecule has 0 spiro atoms. The van der Waals surface area contributed by atoms with Crippen molar-refractivity contribution in [3.8, 4) is 96.5 Å². The lowest BCUT2D eigenvalue weighted by Gasteiger charge is -2.23. The van der Waals surface area contributed by atoms with Gasteiger partial charge >= 0.3 is 0 Å². The van der Waals surface area contributed by atoms with Gasteiger partial charge in [0, 0.05) is 82.1 Å². The second-order valence-corrected chi connectivity index (χ2v) is 28.2. The van der Waals surface area contributed by atoms with Crippen LogP contribution >= 0.6 is 0 Å². The SMILES string of the molecule is Fc1cc(-c2nc(-c3ccccc3)nc(-c3ccccc3)n2)cc(F)c1F.[2H]C([2H])([2H])c1ccc2c(c1)-c1cc(C)ccc1C2.[2H]C([2H])([2H])c1ccc2c(c1)c1cc(C([2H])([2H])[2H])ccc1n2-c1cc(-c2nc(-c3ccccc3)nc(-c3ccccc3)n2)cc(-n2c3ccc(C)cc3c3cc(C)ccc32)c1-n1c2ccc(C)cc2c2cc(C([2H])([2H])[2H])ccc21. The molecule has 0 N–H and O–H groups in total. The molecule has 0 saturated heterocycles. The van der Waals surface area contributed by atoms with E-state index in [4.69, 9.17) is 31.4 Å². The quantitative estimate of drug-likeness (QED) is 0.134. The average Bonchev–Trinajstić information content (AvgIpc) is 1.57. The van der Waals surface area contributed by atoms with Crippen LogP contribution in [0.3, 0.4) is 0 Å². The van der Waals surface area contributed by atoms with Crippen LogP contribution in [0, 0.1) is 72.6 Å². The third-order valence-corrected chi connectivity index (χ3v) is 20.5. The molecule has 0 saturated carbocycles. The molecule has 111 heavy (non-hydrogen) atoms. The van der Waals surface area contributed by atoms with Gasteiger partial charge < -0.3 is 13.7 Å². The molecule has 12 heteroatoms. The topological polar surface area (TPSA) is 92.1 Å². The first-order chi connectivity index (χ1) is 58.8. The monoisotopic (exact) mass is 1460 g/mol. The van der Waals surface area contributed by atoms with Crippen molar-refractivity contribution in [1.29, 1.82) is 0 Å². The molecule has 1 aliphatic carbocycles. The van der Waals surface area contributed by atoms with Crippen LogP contribution in [0.15, 0.2) is 291 Å². The van der Waals surface area contributed by atoms with Crippen molar-refractivity contribution < 1.29 is 29.6 Å². The number of nitrogens with zero attached hydrogens (tertiary/aromatic N) is 9. The lowest BCUT2D eigenvalue weighted by molar-refractivity contribution is 0.447. The fourth-order valence-corrected chi connectivity index (χ4v) is 15.3. The highest BCUT2D eigenvalue weighted by Gasteiger charge is 2.29. The number of halogens is 3. The van der Waals surface area contributed by atoms with Crippen molar-refractivity contribution in [2.24, 2.45) is 0 Å². The molecule has 5 aromatic heterocycles. The van der Waals surface area contributed by atoms with Gasteiger partial charge in [0.1, 0.15) is 0 Å². The molecule has 0 radical (unpaired) electrons. The van der Waals surface area contributed by atoms with Crippen LogP contribution in [-0.4, -0.2) is 43.6 Å². The molecule has 0 fully saturated rings. The summed E-state index contributed by atoms with van der Waals surface area (Å²) in [5.41, 5.74) is 20.3. The number of hydrogen-bond acceptors (Lipinski definition) is 6. The zero-order chi connectivity index (χ0) is 85.9. The van der Waals surface area contributed by atoms with Gasteiger partial charge in [-0.2, -0.15) is 0 Å². The number of aryl methyl sites for hydroxylation is 8. The Balaban J connectivity index is 0.000000184. The van der Waals surface area contributed by atoms with Crippen LogP contribution in [0.2, 0.25) is 0 Å². The highest BCUT2D eigenvalue weighted by atomic mass is 19.2. The summed E-state index contributed by atoms with van der Waals surface area (Å²) >= 11 is 0. The smallest absolute Gasteiger partial charge is 0.194 e. The first-order valence-corrected chi connectivity index (χ1v) is 36.3. The Morgan fingerprint density at radius 3 is 0.847 bits per heavy atom. The molecule has 14 aromatic carbocycles. The minimum absolute atomic E-state index is 0.0307. The van der Waals surface area contributed by atoms with E-state index >= 15 is 0 Å². The van der Waals surface area contributed by atoms with Crippen LogP contribution in [0.5, 0.6) is 0 Å². The Labute approximate surface area is 657 Å². The third kappa shape index (κ3) is 12.8. The highest BCUT2D eigenvalue weighted by molar-refractivity contribution is 6.14.